The normalized spacial score (nSPS) is 12.3. The van der Waals surface area contributed by atoms with Gasteiger partial charge in [-0.15, -0.1) is 10.2 Å². The van der Waals surface area contributed by atoms with E-state index in [-0.39, 0.29) is 16.3 Å². The van der Waals surface area contributed by atoms with E-state index in [4.69, 9.17) is 4.42 Å². The van der Waals surface area contributed by atoms with Crippen LogP contribution in [0.15, 0.2) is 57.1 Å². The molecule has 0 radical (unpaired) electrons. The lowest BCUT2D eigenvalue weighted by Crippen LogP contribution is -2.07. The molecule has 0 fully saturated rings. The molecule has 0 atom stereocenters. The number of aliphatic hydroxyl groups excluding tert-OH is 1. The van der Waals surface area contributed by atoms with Crippen LogP contribution in [0, 0.1) is 5.82 Å². The second-order valence-corrected chi connectivity index (χ2v) is 6.56. The number of aromatic nitrogens is 4. The molecule has 2 N–H and O–H groups in total. The molecule has 0 aliphatic heterocycles. The van der Waals surface area contributed by atoms with Crippen LogP contribution in [-0.2, 0) is 9.84 Å². The quantitative estimate of drug-likeness (QED) is 0.301. The molecule has 2 aromatic heterocycles. The van der Waals surface area contributed by atoms with E-state index >= 15 is 0 Å². The maximum absolute atomic E-state index is 13.0. The molecule has 3 aromatic rings. The number of H-pyrrole nitrogens is 1. The van der Waals surface area contributed by atoms with Gasteiger partial charge in [-0.2, -0.15) is 5.21 Å². The van der Waals surface area contributed by atoms with E-state index in [1.165, 1.54) is 0 Å². The van der Waals surface area contributed by atoms with Crippen molar-refractivity contribution in [1.29, 1.82) is 0 Å². The lowest BCUT2D eigenvalue weighted by Gasteiger charge is -2.03. The fourth-order valence-corrected chi connectivity index (χ4v) is 3.29. The van der Waals surface area contributed by atoms with Gasteiger partial charge in [0.15, 0.2) is 11.5 Å². The lowest BCUT2D eigenvalue weighted by atomic mass is 10.2. The van der Waals surface area contributed by atoms with Gasteiger partial charge in [-0.05, 0) is 35.5 Å². The number of halogens is 1. The molecule has 25 heavy (non-hydrogen) atoms. The molecule has 128 valence electrons. The molecule has 3 rings (SSSR count). The van der Waals surface area contributed by atoms with Gasteiger partial charge in [0.2, 0.25) is 20.8 Å². The minimum atomic E-state index is -4.19. The Balaban J connectivity index is 1.99. The van der Waals surface area contributed by atoms with Crippen molar-refractivity contribution in [3.63, 3.8) is 0 Å². The van der Waals surface area contributed by atoms with Crippen molar-refractivity contribution >= 4 is 21.4 Å². The zero-order valence-corrected chi connectivity index (χ0v) is 13.1. The number of nitrogens with zero attached hydrogens (tertiary/aromatic N) is 3. The zero-order chi connectivity index (χ0) is 18.0. The number of hydrogen-bond donors (Lipinski definition) is 2. The standard InChI is InChI=1S/C14H9FN4O5S/c15-8-1-3-9(4-2-8)25(22,23)14-10(5-6-24-14)11(20)7-12(21)13-16-18-19-17-13/h1-7,21H,(H,16,17,18,19). The minimum Gasteiger partial charge on any atom is -0.504 e. The number of hydrogen-bond acceptors (Lipinski definition) is 8. The van der Waals surface area contributed by atoms with Gasteiger partial charge in [0.05, 0.1) is 16.7 Å². The molecule has 0 aliphatic rings. The molecule has 1 aromatic carbocycles. The SMILES string of the molecule is O=C(C=C(O)c1nn[nH]n1)c1ccoc1S(=O)(=O)c1ccc(F)cc1. The molecule has 0 spiro atoms. The van der Waals surface area contributed by atoms with Crippen LogP contribution in [0.3, 0.4) is 0 Å². The van der Waals surface area contributed by atoms with Crippen LogP contribution in [0.25, 0.3) is 5.76 Å². The van der Waals surface area contributed by atoms with Crippen LogP contribution in [0.4, 0.5) is 4.39 Å². The molecule has 11 heteroatoms. The molecule has 0 amide bonds. The van der Waals surface area contributed by atoms with Gasteiger partial charge in [-0.3, -0.25) is 4.79 Å². The van der Waals surface area contributed by atoms with E-state index in [0.29, 0.717) is 0 Å². The summed E-state index contributed by atoms with van der Waals surface area (Å²) in [5.74, 6) is -2.30. The Morgan fingerprint density at radius 3 is 2.60 bits per heavy atom. The molecule has 0 saturated carbocycles. The number of carbonyl (C=O) groups excluding carboxylic acids is 1. The Morgan fingerprint density at radius 2 is 1.96 bits per heavy atom. The Kier molecular flexibility index (Phi) is 4.15. The zero-order valence-electron chi connectivity index (χ0n) is 12.2. The van der Waals surface area contributed by atoms with Crippen molar-refractivity contribution in [2.24, 2.45) is 0 Å². The number of benzene rings is 1. The van der Waals surface area contributed by atoms with E-state index < -0.39 is 32.3 Å². The van der Waals surface area contributed by atoms with Gasteiger partial charge in [-0.25, -0.2) is 12.8 Å². The summed E-state index contributed by atoms with van der Waals surface area (Å²) in [5.41, 5.74) is -0.306. The number of aliphatic hydroxyl groups is 1. The first-order chi connectivity index (χ1) is 11.9. The summed E-state index contributed by atoms with van der Waals surface area (Å²) >= 11 is 0. The summed E-state index contributed by atoms with van der Waals surface area (Å²) in [5, 5.41) is 21.4. The molecule has 9 nitrogen and oxygen atoms in total. The first-order valence-electron chi connectivity index (χ1n) is 6.66. The van der Waals surface area contributed by atoms with Gasteiger partial charge in [0.25, 0.3) is 0 Å². The number of ketones is 1. The van der Waals surface area contributed by atoms with Crippen LogP contribution in [0.5, 0.6) is 0 Å². The number of sulfone groups is 1. The third-order valence-electron chi connectivity index (χ3n) is 3.11. The first-order valence-corrected chi connectivity index (χ1v) is 8.15. The average Bonchev–Trinajstić information content (AvgIpc) is 3.27. The van der Waals surface area contributed by atoms with E-state index in [1.54, 1.807) is 0 Å². The van der Waals surface area contributed by atoms with Crippen molar-refractivity contribution in [3.05, 3.63) is 59.9 Å². The number of allylic oxidation sites excluding steroid dienone is 1. The molecule has 0 aliphatic carbocycles. The molecule has 2 heterocycles. The van der Waals surface area contributed by atoms with Gasteiger partial charge < -0.3 is 9.52 Å². The molecule has 0 unspecified atom stereocenters. The highest BCUT2D eigenvalue weighted by Crippen LogP contribution is 2.26. The smallest absolute Gasteiger partial charge is 0.240 e. The van der Waals surface area contributed by atoms with Gasteiger partial charge in [0.1, 0.15) is 5.82 Å². The molecular formula is C14H9FN4O5S. The summed E-state index contributed by atoms with van der Waals surface area (Å²) in [6.45, 7) is 0. The van der Waals surface area contributed by atoms with Gasteiger partial charge >= 0.3 is 0 Å². The summed E-state index contributed by atoms with van der Waals surface area (Å²) in [6.07, 6.45) is 1.75. The van der Waals surface area contributed by atoms with E-state index in [1.807, 2.05) is 0 Å². The summed E-state index contributed by atoms with van der Waals surface area (Å²) < 4.78 is 43.0. The Labute approximate surface area is 139 Å². The van der Waals surface area contributed by atoms with Crippen LogP contribution in [0.1, 0.15) is 16.2 Å². The molecule has 0 bridgehead atoms. The van der Waals surface area contributed by atoms with Crippen molar-refractivity contribution in [2.75, 3.05) is 0 Å². The fourth-order valence-electron chi connectivity index (χ4n) is 1.94. The van der Waals surface area contributed by atoms with Crippen molar-refractivity contribution in [2.45, 2.75) is 9.99 Å². The van der Waals surface area contributed by atoms with Crippen molar-refractivity contribution < 1.29 is 27.1 Å². The third kappa shape index (κ3) is 3.17. The van der Waals surface area contributed by atoms with E-state index in [9.17, 15) is 22.7 Å². The van der Waals surface area contributed by atoms with Crippen LogP contribution in [0.2, 0.25) is 0 Å². The highest BCUT2D eigenvalue weighted by molar-refractivity contribution is 7.91. The predicted molar refractivity (Wildman–Crippen MR) is 79.7 cm³/mol. The van der Waals surface area contributed by atoms with E-state index in [0.717, 1.165) is 42.7 Å². The number of furan rings is 1. The van der Waals surface area contributed by atoms with Gasteiger partial charge in [0, 0.05) is 6.08 Å². The number of tetrazole rings is 1. The number of aromatic amines is 1. The maximum Gasteiger partial charge on any atom is 0.240 e. The van der Waals surface area contributed by atoms with E-state index in [2.05, 4.69) is 20.6 Å². The monoisotopic (exact) mass is 364 g/mol. The maximum atomic E-state index is 13.0. The third-order valence-corrected chi connectivity index (χ3v) is 4.80. The molecular weight excluding hydrogens is 355 g/mol. The highest BCUT2D eigenvalue weighted by atomic mass is 32.2. The summed E-state index contributed by atoms with van der Waals surface area (Å²) in [7, 11) is -4.19. The number of rotatable bonds is 5. The highest BCUT2D eigenvalue weighted by Gasteiger charge is 2.28. The average molecular weight is 364 g/mol. The van der Waals surface area contributed by atoms with Crippen molar-refractivity contribution in [1.82, 2.24) is 20.6 Å². The molecule has 0 saturated heterocycles. The first kappa shape index (κ1) is 16.5. The topological polar surface area (TPSA) is 139 Å². The Bertz CT molecular complexity index is 1040. The minimum absolute atomic E-state index is 0.236. The Morgan fingerprint density at radius 1 is 1.24 bits per heavy atom. The Hall–Kier alpha value is -3.34. The summed E-state index contributed by atoms with van der Waals surface area (Å²) in [4.78, 5) is 12.0. The van der Waals surface area contributed by atoms with Crippen LogP contribution < -0.4 is 0 Å². The van der Waals surface area contributed by atoms with Gasteiger partial charge in [-0.1, -0.05) is 0 Å². The van der Waals surface area contributed by atoms with Crippen LogP contribution in [-0.4, -0.2) is 39.9 Å². The second-order valence-electron chi connectivity index (χ2n) is 4.71. The number of carbonyl (C=O) groups is 1. The largest absolute Gasteiger partial charge is 0.504 e. The van der Waals surface area contributed by atoms with Crippen LogP contribution >= 0.6 is 0 Å². The second kappa shape index (κ2) is 6.28. The summed E-state index contributed by atoms with van der Waals surface area (Å²) in [6, 6.07) is 5.18. The fraction of sp³-hybridized carbons (Fsp3) is 0. The number of nitrogens with one attached hydrogen (secondary N) is 1. The lowest BCUT2D eigenvalue weighted by molar-refractivity contribution is 0.104. The van der Waals surface area contributed by atoms with Crippen molar-refractivity contribution in [3.8, 4) is 0 Å². The predicted octanol–water partition coefficient (Wildman–Crippen LogP) is 1.55.